The first-order valence-corrected chi connectivity index (χ1v) is 8.36. The molecule has 3 nitrogen and oxygen atoms in total. The van der Waals surface area contributed by atoms with Crippen molar-refractivity contribution in [3.05, 3.63) is 35.6 Å². The van der Waals surface area contributed by atoms with E-state index in [0.29, 0.717) is 5.56 Å². The largest absolute Gasteiger partial charge is 0.386 e. The summed E-state index contributed by atoms with van der Waals surface area (Å²) in [6, 6.07) is 5.24. The predicted octanol–water partition coefficient (Wildman–Crippen LogP) is 3.29. The SMILES string of the molecule is CCCCSC(C)C(=O)NC(C)C(O)c1ccc(F)cc1. The lowest BCUT2D eigenvalue weighted by Gasteiger charge is -2.22. The van der Waals surface area contributed by atoms with E-state index < -0.39 is 12.1 Å². The highest BCUT2D eigenvalue weighted by atomic mass is 32.2. The van der Waals surface area contributed by atoms with Crippen LogP contribution in [0.4, 0.5) is 4.39 Å². The maximum Gasteiger partial charge on any atom is 0.233 e. The van der Waals surface area contributed by atoms with Crippen LogP contribution in [0.3, 0.4) is 0 Å². The standard InChI is InChI=1S/C16H24FNO2S/c1-4-5-10-21-12(3)16(20)18-11(2)15(19)13-6-8-14(17)9-7-13/h6-9,11-12,15,19H,4-5,10H2,1-3H3,(H,18,20). The van der Waals surface area contributed by atoms with Gasteiger partial charge >= 0.3 is 0 Å². The molecule has 3 atom stereocenters. The third kappa shape index (κ3) is 6.06. The third-order valence-corrected chi connectivity index (χ3v) is 4.53. The van der Waals surface area contributed by atoms with Crippen molar-refractivity contribution in [3.63, 3.8) is 0 Å². The molecule has 1 rings (SSSR count). The molecule has 0 aliphatic carbocycles. The number of nitrogens with one attached hydrogen (secondary N) is 1. The molecule has 21 heavy (non-hydrogen) atoms. The monoisotopic (exact) mass is 313 g/mol. The second kappa shape index (κ2) is 9.05. The summed E-state index contributed by atoms with van der Waals surface area (Å²) < 4.78 is 12.9. The lowest BCUT2D eigenvalue weighted by atomic mass is 10.0. The Balaban J connectivity index is 2.49. The van der Waals surface area contributed by atoms with E-state index in [-0.39, 0.29) is 17.0 Å². The van der Waals surface area contributed by atoms with Crippen LogP contribution in [-0.4, -0.2) is 28.1 Å². The van der Waals surface area contributed by atoms with E-state index in [0.717, 1.165) is 18.6 Å². The first-order chi connectivity index (χ1) is 9.95. The van der Waals surface area contributed by atoms with Gasteiger partial charge in [-0.05, 0) is 43.7 Å². The molecule has 1 aromatic carbocycles. The van der Waals surface area contributed by atoms with E-state index in [1.165, 1.54) is 24.3 Å². The summed E-state index contributed by atoms with van der Waals surface area (Å²) in [6.07, 6.45) is 1.36. The number of aliphatic hydroxyl groups is 1. The number of carbonyl (C=O) groups is 1. The minimum atomic E-state index is -0.845. The van der Waals surface area contributed by atoms with Gasteiger partial charge in [-0.25, -0.2) is 4.39 Å². The third-order valence-electron chi connectivity index (χ3n) is 3.29. The smallest absolute Gasteiger partial charge is 0.233 e. The van der Waals surface area contributed by atoms with Gasteiger partial charge in [0.2, 0.25) is 5.91 Å². The number of halogens is 1. The summed E-state index contributed by atoms with van der Waals surface area (Å²) in [5.41, 5.74) is 0.593. The molecule has 0 saturated carbocycles. The molecule has 0 radical (unpaired) electrons. The number of hydrogen-bond acceptors (Lipinski definition) is 3. The number of amides is 1. The van der Waals surface area contributed by atoms with Crippen LogP contribution in [0.2, 0.25) is 0 Å². The number of carbonyl (C=O) groups excluding carboxylic acids is 1. The summed E-state index contributed by atoms with van der Waals surface area (Å²) in [6.45, 7) is 5.73. The molecule has 0 spiro atoms. The number of benzene rings is 1. The second-order valence-corrected chi connectivity index (χ2v) is 6.61. The van der Waals surface area contributed by atoms with Gasteiger partial charge in [0, 0.05) is 0 Å². The Morgan fingerprint density at radius 2 is 1.95 bits per heavy atom. The van der Waals surface area contributed by atoms with Gasteiger partial charge in [-0.3, -0.25) is 4.79 Å². The zero-order chi connectivity index (χ0) is 15.8. The predicted molar refractivity (Wildman–Crippen MR) is 85.8 cm³/mol. The molecule has 118 valence electrons. The van der Waals surface area contributed by atoms with Gasteiger partial charge in [-0.1, -0.05) is 25.5 Å². The lowest BCUT2D eigenvalue weighted by Crippen LogP contribution is -2.41. The van der Waals surface area contributed by atoms with Crippen LogP contribution < -0.4 is 5.32 Å². The van der Waals surface area contributed by atoms with E-state index in [1.807, 2.05) is 6.92 Å². The average molecular weight is 313 g/mol. The molecule has 0 fully saturated rings. The molecule has 2 N–H and O–H groups in total. The van der Waals surface area contributed by atoms with Gasteiger partial charge in [0.05, 0.1) is 17.4 Å². The van der Waals surface area contributed by atoms with Gasteiger partial charge in [-0.15, -0.1) is 11.8 Å². The van der Waals surface area contributed by atoms with E-state index in [4.69, 9.17) is 0 Å². The van der Waals surface area contributed by atoms with Crippen molar-refractivity contribution in [3.8, 4) is 0 Å². The van der Waals surface area contributed by atoms with E-state index >= 15 is 0 Å². The number of thioether (sulfide) groups is 1. The molecular weight excluding hydrogens is 289 g/mol. The summed E-state index contributed by atoms with van der Waals surface area (Å²) >= 11 is 1.62. The fourth-order valence-corrected chi connectivity index (χ4v) is 2.88. The molecule has 0 aromatic heterocycles. The molecule has 0 aliphatic heterocycles. The van der Waals surface area contributed by atoms with Crippen LogP contribution in [0.15, 0.2) is 24.3 Å². The highest BCUT2D eigenvalue weighted by Crippen LogP contribution is 2.18. The molecule has 1 aromatic rings. The molecular formula is C16H24FNO2S. The zero-order valence-electron chi connectivity index (χ0n) is 12.8. The molecule has 1 amide bonds. The molecule has 0 bridgehead atoms. The van der Waals surface area contributed by atoms with E-state index in [2.05, 4.69) is 12.2 Å². The molecule has 3 unspecified atom stereocenters. The number of rotatable bonds is 8. The first kappa shape index (κ1) is 18.0. The van der Waals surface area contributed by atoms with Crippen LogP contribution in [0.1, 0.15) is 45.3 Å². The van der Waals surface area contributed by atoms with Crippen molar-refractivity contribution >= 4 is 17.7 Å². The van der Waals surface area contributed by atoms with Crippen LogP contribution in [-0.2, 0) is 4.79 Å². The maximum absolute atomic E-state index is 12.9. The summed E-state index contributed by atoms with van der Waals surface area (Å²) in [5.74, 6) is 0.535. The highest BCUT2D eigenvalue weighted by Gasteiger charge is 2.21. The normalized spacial score (nSPS) is 15.3. The summed E-state index contributed by atoms with van der Waals surface area (Å²) in [5, 5.41) is 12.9. The van der Waals surface area contributed by atoms with Gasteiger partial charge in [0.15, 0.2) is 0 Å². The van der Waals surface area contributed by atoms with Gasteiger partial charge in [-0.2, -0.15) is 0 Å². The van der Waals surface area contributed by atoms with Gasteiger partial charge in [0.25, 0.3) is 0 Å². The van der Waals surface area contributed by atoms with Crippen molar-refractivity contribution in [1.29, 1.82) is 0 Å². The minimum absolute atomic E-state index is 0.0789. The Morgan fingerprint density at radius 3 is 2.52 bits per heavy atom. The van der Waals surface area contributed by atoms with Crippen LogP contribution >= 0.6 is 11.8 Å². The van der Waals surface area contributed by atoms with Crippen LogP contribution in [0.5, 0.6) is 0 Å². The number of hydrogen-bond donors (Lipinski definition) is 2. The van der Waals surface area contributed by atoms with E-state index in [1.54, 1.807) is 18.7 Å². The first-order valence-electron chi connectivity index (χ1n) is 7.31. The lowest BCUT2D eigenvalue weighted by molar-refractivity contribution is -0.121. The van der Waals surface area contributed by atoms with Gasteiger partial charge in [0.1, 0.15) is 5.82 Å². The second-order valence-electron chi connectivity index (χ2n) is 5.16. The quantitative estimate of drug-likeness (QED) is 0.724. The average Bonchev–Trinajstić information content (AvgIpc) is 2.47. The van der Waals surface area contributed by atoms with Crippen molar-refractivity contribution in [2.45, 2.75) is 51.0 Å². The van der Waals surface area contributed by atoms with Crippen molar-refractivity contribution < 1.29 is 14.3 Å². The van der Waals surface area contributed by atoms with Crippen molar-refractivity contribution in [1.82, 2.24) is 5.32 Å². The fraction of sp³-hybridized carbons (Fsp3) is 0.562. The molecule has 5 heteroatoms. The molecule has 0 aliphatic rings. The Kier molecular flexibility index (Phi) is 7.75. The number of aliphatic hydroxyl groups excluding tert-OH is 1. The Bertz CT molecular complexity index is 438. The van der Waals surface area contributed by atoms with Crippen molar-refractivity contribution in [2.24, 2.45) is 0 Å². The van der Waals surface area contributed by atoms with Crippen LogP contribution in [0, 0.1) is 5.82 Å². The molecule has 0 saturated heterocycles. The van der Waals surface area contributed by atoms with Crippen LogP contribution in [0.25, 0.3) is 0 Å². The zero-order valence-corrected chi connectivity index (χ0v) is 13.6. The van der Waals surface area contributed by atoms with Gasteiger partial charge < -0.3 is 10.4 Å². The highest BCUT2D eigenvalue weighted by molar-refractivity contribution is 8.00. The van der Waals surface area contributed by atoms with E-state index in [9.17, 15) is 14.3 Å². The Hall–Kier alpha value is -1.07. The minimum Gasteiger partial charge on any atom is -0.386 e. The van der Waals surface area contributed by atoms with Crippen molar-refractivity contribution in [2.75, 3.05) is 5.75 Å². The summed E-state index contributed by atoms with van der Waals surface area (Å²) in [4.78, 5) is 12.0. The fourth-order valence-electron chi connectivity index (χ4n) is 1.85. The maximum atomic E-state index is 12.9. The Morgan fingerprint density at radius 1 is 1.33 bits per heavy atom. The number of unbranched alkanes of at least 4 members (excludes halogenated alkanes) is 1. The Labute approximate surface area is 130 Å². The summed E-state index contributed by atoms with van der Waals surface area (Å²) in [7, 11) is 0. The topological polar surface area (TPSA) is 49.3 Å². The molecule has 0 heterocycles.